The van der Waals surface area contributed by atoms with Crippen LogP contribution in [0.25, 0.3) is 22.5 Å². The second kappa shape index (κ2) is 6.73. The van der Waals surface area contributed by atoms with E-state index >= 15 is 0 Å². The minimum Gasteiger partial charge on any atom is -0.381 e. The molecule has 142 valence electrons. The van der Waals surface area contributed by atoms with Gasteiger partial charge in [0.2, 0.25) is 0 Å². The van der Waals surface area contributed by atoms with Crippen molar-refractivity contribution < 1.29 is 8.42 Å². The fraction of sp³-hybridized carbons (Fsp3) is 0.0556. The third kappa shape index (κ3) is 3.19. The SMILES string of the molecule is CN1c2nc(-c3ccc(Cl)cc3)c(-c3ccc(Cl)cc3)nc2C(N)=NS1(=O)=O. The number of hydrogen-bond acceptors (Lipinski definition) is 5. The summed E-state index contributed by atoms with van der Waals surface area (Å²) in [5, 5.41) is 1.15. The summed E-state index contributed by atoms with van der Waals surface area (Å²) in [7, 11) is -2.60. The van der Waals surface area contributed by atoms with Crippen molar-refractivity contribution in [2.45, 2.75) is 0 Å². The molecule has 0 amide bonds. The average Bonchev–Trinajstić information content (AvgIpc) is 2.66. The van der Waals surface area contributed by atoms with Gasteiger partial charge >= 0.3 is 10.2 Å². The highest BCUT2D eigenvalue weighted by Crippen LogP contribution is 2.35. The molecule has 0 atom stereocenters. The molecule has 0 spiro atoms. The highest BCUT2D eigenvalue weighted by Gasteiger charge is 2.32. The van der Waals surface area contributed by atoms with Gasteiger partial charge in [-0.25, -0.2) is 14.3 Å². The smallest absolute Gasteiger partial charge is 0.347 e. The molecule has 28 heavy (non-hydrogen) atoms. The maximum absolute atomic E-state index is 12.2. The number of fused-ring (bicyclic) bond motifs is 1. The predicted octanol–water partition coefficient (Wildman–Crippen LogP) is 3.52. The van der Waals surface area contributed by atoms with Gasteiger partial charge in [-0.1, -0.05) is 47.5 Å². The van der Waals surface area contributed by atoms with Gasteiger partial charge in [0.05, 0.1) is 11.4 Å². The minimum absolute atomic E-state index is 0.107. The van der Waals surface area contributed by atoms with E-state index in [2.05, 4.69) is 14.4 Å². The van der Waals surface area contributed by atoms with E-state index in [4.69, 9.17) is 28.9 Å². The van der Waals surface area contributed by atoms with Gasteiger partial charge in [-0.2, -0.15) is 8.42 Å². The van der Waals surface area contributed by atoms with Gasteiger partial charge in [0.15, 0.2) is 17.3 Å². The van der Waals surface area contributed by atoms with E-state index in [0.29, 0.717) is 21.4 Å². The molecule has 1 aliphatic rings. The van der Waals surface area contributed by atoms with Crippen molar-refractivity contribution in [3.63, 3.8) is 0 Å². The number of anilines is 1. The summed E-state index contributed by atoms with van der Waals surface area (Å²) in [5.41, 5.74) is 8.52. The largest absolute Gasteiger partial charge is 0.381 e. The topological polar surface area (TPSA) is 102 Å². The normalized spacial score (nSPS) is 15.1. The molecule has 0 fully saturated rings. The lowest BCUT2D eigenvalue weighted by Crippen LogP contribution is -2.36. The summed E-state index contributed by atoms with van der Waals surface area (Å²) >= 11 is 12.0. The molecule has 0 radical (unpaired) electrons. The van der Waals surface area contributed by atoms with E-state index in [9.17, 15) is 8.42 Å². The zero-order chi connectivity index (χ0) is 20.1. The number of rotatable bonds is 2. The van der Waals surface area contributed by atoms with Crippen LogP contribution in [0.4, 0.5) is 5.82 Å². The van der Waals surface area contributed by atoms with Gasteiger partial charge in [0.25, 0.3) is 0 Å². The summed E-state index contributed by atoms with van der Waals surface area (Å²) in [6, 6.07) is 14.1. The van der Waals surface area contributed by atoms with Crippen LogP contribution in [0.2, 0.25) is 10.0 Å². The number of halogens is 2. The van der Waals surface area contributed by atoms with Crippen molar-refractivity contribution in [3.05, 3.63) is 64.3 Å². The first-order valence-electron chi connectivity index (χ1n) is 8.05. The second-order valence-corrected chi connectivity index (χ2v) is 8.53. The number of nitrogens with two attached hydrogens (primary N) is 1. The van der Waals surface area contributed by atoms with Crippen LogP contribution < -0.4 is 10.0 Å². The van der Waals surface area contributed by atoms with Crippen LogP contribution in [0.5, 0.6) is 0 Å². The van der Waals surface area contributed by atoms with Gasteiger partial charge < -0.3 is 5.73 Å². The molecule has 10 heteroatoms. The van der Waals surface area contributed by atoms with E-state index < -0.39 is 10.2 Å². The van der Waals surface area contributed by atoms with E-state index in [0.717, 1.165) is 15.4 Å². The number of hydrogen-bond donors (Lipinski definition) is 1. The monoisotopic (exact) mass is 433 g/mol. The Bertz CT molecular complexity index is 1210. The van der Waals surface area contributed by atoms with Crippen LogP contribution in [0.3, 0.4) is 0 Å². The number of nitrogens with zero attached hydrogens (tertiary/aromatic N) is 4. The Kier molecular flexibility index (Phi) is 4.49. The second-order valence-electron chi connectivity index (χ2n) is 6.03. The van der Waals surface area contributed by atoms with Crippen LogP contribution in [-0.2, 0) is 10.2 Å². The molecule has 3 aromatic rings. The summed E-state index contributed by atoms with van der Waals surface area (Å²) < 4.78 is 28.9. The van der Waals surface area contributed by atoms with Crippen molar-refractivity contribution in [1.29, 1.82) is 0 Å². The number of aromatic nitrogens is 2. The zero-order valence-corrected chi connectivity index (χ0v) is 16.8. The lowest BCUT2D eigenvalue weighted by Gasteiger charge is -2.24. The highest BCUT2D eigenvalue weighted by atomic mass is 35.5. The Morgan fingerprint density at radius 2 is 1.29 bits per heavy atom. The summed E-state index contributed by atoms with van der Waals surface area (Å²) in [4.78, 5) is 9.19. The molecule has 2 N–H and O–H groups in total. The van der Waals surface area contributed by atoms with Crippen molar-refractivity contribution in [2.24, 2.45) is 10.1 Å². The van der Waals surface area contributed by atoms with Crippen molar-refractivity contribution in [1.82, 2.24) is 9.97 Å². The molecule has 0 aliphatic carbocycles. The standard InChI is InChI=1S/C18H13Cl2N5O2S/c1-25-18-16(17(21)24-28(25,26)27)22-14(10-2-6-12(19)7-3-10)15(23-18)11-4-8-13(20)9-5-11/h2-9H,1H3,(H2,21,24). The lowest BCUT2D eigenvalue weighted by molar-refractivity contribution is 0.595. The van der Waals surface area contributed by atoms with Crippen LogP contribution in [0.15, 0.2) is 52.9 Å². The molecule has 1 aromatic heterocycles. The molecule has 2 heterocycles. The fourth-order valence-electron chi connectivity index (χ4n) is 2.77. The maximum Gasteiger partial charge on any atom is 0.347 e. The van der Waals surface area contributed by atoms with Gasteiger partial charge in [0, 0.05) is 28.2 Å². The first-order valence-corrected chi connectivity index (χ1v) is 10.2. The third-order valence-corrected chi connectivity index (χ3v) is 6.01. The van der Waals surface area contributed by atoms with E-state index in [1.807, 2.05) is 0 Å². The highest BCUT2D eigenvalue weighted by molar-refractivity contribution is 7.91. The molecule has 0 unspecified atom stereocenters. The molecular weight excluding hydrogens is 421 g/mol. The van der Waals surface area contributed by atoms with Crippen molar-refractivity contribution >= 4 is 45.1 Å². The summed E-state index contributed by atoms with van der Waals surface area (Å²) in [5.74, 6) is -0.103. The molecule has 7 nitrogen and oxygen atoms in total. The Balaban J connectivity index is 2.03. The summed E-state index contributed by atoms with van der Waals surface area (Å²) in [6.45, 7) is 0. The van der Waals surface area contributed by atoms with Crippen molar-refractivity contribution in [3.8, 4) is 22.5 Å². The molecule has 0 bridgehead atoms. The van der Waals surface area contributed by atoms with Gasteiger partial charge in [-0.3, -0.25) is 0 Å². The Morgan fingerprint density at radius 3 is 1.79 bits per heavy atom. The molecule has 4 rings (SSSR count). The third-order valence-electron chi connectivity index (χ3n) is 4.21. The van der Waals surface area contributed by atoms with Crippen LogP contribution in [0, 0.1) is 0 Å². The van der Waals surface area contributed by atoms with Crippen LogP contribution in [-0.4, -0.2) is 31.3 Å². The molecule has 1 aliphatic heterocycles. The molecule has 0 saturated carbocycles. The maximum atomic E-state index is 12.2. The van der Waals surface area contributed by atoms with Crippen molar-refractivity contribution in [2.75, 3.05) is 11.4 Å². The molecule has 2 aromatic carbocycles. The fourth-order valence-corrected chi connectivity index (χ4v) is 3.83. The lowest BCUT2D eigenvalue weighted by atomic mass is 10.0. The number of benzene rings is 2. The first-order chi connectivity index (χ1) is 13.3. The Labute approximate surface area is 171 Å². The van der Waals surface area contributed by atoms with E-state index in [1.54, 1.807) is 48.5 Å². The van der Waals surface area contributed by atoms with Crippen LogP contribution in [0.1, 0.15) is 5.69 Å². The minimum atomic E-state index is -3.96. The zero-order valence-electron chi connectivity index (χ0n) is 14.5. The van der Waals surface area contributed by atoms with E-state index in [1.165, 1.54) is 7.05 Å². The predicted molar refractivity (Wildman–Crippen MR) is 111 cm³/mol. The van der Waals surface area contributed by atoms with Gasteiger partial charge in [-0.15, -0.1) is 4.40 Å². The van der Waals surface area contributed by atoms with Gasteiger partial charge in [-0.05, 0) is 24.3 Å². The van der Waals surface area contributed by atoms with Crippen LogP contribution >= 0.6 is 23.2 Å². The quantitative estimate of drug-likeness (QED) is 0.665. The Hall–Kier alpha value is -2.68. The molecule has 0 saturated heterocycles. The number of amidine groups is 1. The molecular formula is C18H13Cl2N5O2S. The summed E-state index contributed by atoms with van der Waals surface area (Å²) in [6.07, 6.45) is 0. The average molecular weight is 434 g/mol. The van der Waals surface area contributed by atoms with E-state index in [-0.39, 0.29) is 17.3 Å². The van der Waals surface area contributed by atoms with Gasteiger partial charge in [0.1, 0.15) is 0 Å². The Morgan fingerprint density at radius 1 is 0.821 bits per heavy atom. The first kappa shape index (κ1) is 18.7.